The minimum absolute atomic E-state index is 0.0474. The molecule has 4 heteroatoms. The van der Waals surface area contributed by atoms with Gasteiger partial charge in [-0.15, -0.1) is 0 Å². The lowest BCUT2D eigenvalue weighted by molar-refractivity contribution is -0.914. The van der Waals surface area contributed by atoms with Gasteiger partial charge in [-0.1, -0.05) is 44.2 Å². The number of benzene rings is 2. The molecule has 1 heterocycles. The third-order valence-corrected chi connectivity index (χ3v) is 5.71. The number of para-hydroxylation sites is 1. The molecule has 1 aliphatic rings. The van der Waals surface area contributed by atoms with Gasteiger partial charge in [-0.3, -0.25) is 4.79 Å². The SMILES string of the molecule is Cc1ccccc1N1CC[NH+]([C@@H](C)C(=O)Nc2ccc(C(C)C)cc2)CC1. The van der Waals surface area contributed by atoms with E-state index in [1.54, 1.807) is 0 Å². The second kappa shape index (κ2) is 8.57. The zero-order valence-electron chi connectivity index (χ0n) is 17.0. The highest BCUT2D eigenvalue weighted by atomic mass is 16.2. The second-order valence-corrected chi connectivity index (χ2v) is 7.92. The molecule has 0 aromatic heterocycles. The predicted molar refractivity (Wildman–Crippen MR) is 113 cm³/mol. The van der Waals surface area contributed by atoms with E-state index in [0.717, 1.165) is 31.9 Å². The van der Waals surface area contributed by atoms with Crippen LogP contribution in [0.2, 0.25) is 0 Å². The average Bonchev–Trinajstić information content (AvgIpc) is 2.68. The van der Waals surface area contributed by atoms with Crippen molar-refractivity contribution >= 4 is 17.3 Å². The molecule has 0 radical (unpaired) electrons. The van der Waals surface area contributed by atoms with E-state index in [0.29, 0.717) is 5.92 Å². The quantitative estimate of drug-likeness (QED) is 0.854. The molecule has 3 rings (SSSR count). The molecule has 2 N–H and O–H groups in total. The number of hydrogen-bond donors (Lipinski definition) is 2. The molecule has 144 valence electrons. The smallest absolute Gasteiger partial charge is 0.282 e. The van der Waals surface area contributed by atoms with Gasteiger partial charge in [0.1, 0.15) is 0 Å². The zero-order chi connectivity index (χ0) is 19.4. The van der Waals surface area contributed by atoms with Gasteiger partial charge in [0.2, 0.25) is 0 Å². The number of quaternary nitrogens is 1. The van der Waals surface area contributed by atoms with Crippen molar-refractivity contribution in [2.45, 2.75) is 39.7 Å². The molecule has 2 aromatic rings. The van der Waals surface area contributed by atoms with Crippen molar-refractivity contribution in [1.82, 2.24) is 0 Å². The zero-order valence-corrected chi connectivity index (χ0v) is 17.0. The van der Waals surface area contributed by atoms with Gasteiger partial charge in [0.15, 0.2) is 6.04 Å². The van der Waals surface area contributed by atoms with Crippen LogP contribution in [0.4, 0.5) is 11.4 Å². The first kappa shape index (κ1) is 19.4. The van der Waals surface area contributed by atoms with Crippen LogP contribution in [0.1, 0.15) is 37.8 Å². The molecule has 27 heavy (non-hydrogen) atoms. The molecule has 2 aromatic carbocycles. The van der Waals surface area contributed by atoms with E-state index in [4.69, 9.17) is 0 Å². The maximum Gasteiger partial charge on any atom is 0.282 e. The van der Waals surface area contributed by atoms with Gasteiger partial charge < -0.3 is 15.1 Å². The molecule has 0 unspecified atom stereocenters. The summed E-state index contributed by atoms with van der Waals surface area (Å²) in [5.41, 5.74) is 4.81. The maximum atomic E-state index is 12.7. The van der Waals surface area contributed by atoms with E-state index >= 15 is 0 Å². The Labute approximate surface area is 163 Å². The first-order valence-electron chi connectivity index (χ1n) is 10.0. The van der Waals surface area contributed by atoms with Crippen LogP contribution in [0.15, 0.2) is 48.5 Å². The summed E-state index contributed by atoms with van der Waals surface area (Å²) in [6.45, 7) is 12.5. The first-order valence-corrected chi connectivity index (χ1v) is 10.0. The Bertz CT molecular complexity index is 761. The fourth-order valence-corrected chi connectivity index (χ4v) is 3.77. The number of carbonyl (C=O) groups is 1. The fourth-order valence-electron chi connectivity index (χ4n) is 3.77. The van der Waals surface area contributed by atoms with Crippen molar-refractivity contribution in [3.8, 4) is 0 Å². The summed E-state index contributed by atoms with van der Waals surface area (Å²) in [5.74, 6) is 0.606. The molecule has 1 saturated heterocycles. The van der Waals surface area contributed by atoms with Crippen molar-refractivity contribution in [2.24, 2.45) is 0 Å². The van der Waals surface area contributed by atoms with Crippen LogP contribution in [0.5, 0.6) is 0 Å². The van der Waals surface area contributed by atoms with Crippen molar-refractivity contribution in [3.05, 3.63) is 59.7 Å². The third-order valence-electron chi connectivity index (χ3n) is 5.71. The lowest BCUT2D eigenvalue weighted by Crippen LogP contribution is -3.19. The van der Waals surface area contributed by atoms with Crippen molar-refractivity contribution in [3.63, 3.8) is 0 Å². The van der Waals surface area contributed by atoms with Crippen LogP contribution in [-0.4, -0.2) is 38.1 Å². The summed E-state index contributed by atoms with van der Waals surface area (Å²) >= 11 is 0. The van der Waals surface area contributed by atoms with Crippen molar-refractivity contribution < 1.29 is 9.69 Å². The Hall–Kier alpha value is -2.33. The Kier molecular flexibility index (Phi) is 6.17. The Morgan fingerprint density at radius 3 is 2.22 bits per heavy atom. The number of carbonyl (C=O) groups excluding carboxylic acids is 1. The monoisotopic (exact) mass is 366 g/mol. The number of rotatable bonds is 5. The van der Waals surface area contributed by atoms with E-state index in [9.17, 15) is 4.79 Å². The summed E-state index contributed by atoms with van der Waals surface area (Å²) in [7, 11) is 0. The van der Waals surface area contributed by atoms with Crippen molar-refractivity contribution in [2.75, 3.05) is 36.4 Å². The molecule has 1 aliphatic heterocycles. The van der Waals surface area contributed by atoms with E-state index in [1.165, 1.54) is 21.7 Å². The van der Waals surface area contributed by atoms with Crippen LogP contribution < -0.4 is 15.1 Å². The van der Waals surface area contributed by atoms with Crippen LogP contribution in [0.3, 0.4) is 0 Å². The van der Waals surface area contributed by atoms with Gasteiger partial charge in [0.25, 0.3) is 5.91 Å². The first-order chi connectivity index (χ1) is 13.0. The molecular formula is C23H32N3O+. The second-order valence-electron chi connectivity index (χ2n) is 7.92. The predicted octanol–water partition coefficient (Wildman–Crippen LogP) is 2.85. The molecule has 1 atom stereocenters. The minimum atomic E-state index is -0.0474. The molecule has 0 bridgehead atoms. The van der Waals surface area contributed by atoms with Crippen LogP contribution in [0.25, 0.3) is 0 Å². The standard InChI is InChI=1S/C23H31N3O/c1-17(2)20-9-11-21(12-10-20)24-23(27)19(4)25-13-15-26(16-14-25)22-8-6-5-7-18(22)3/h5-12,17,19H,13-16H2,1-4H3,(H,24,27)/p+1/t19-/m0/s1. The highest BCUT2D eigenvalue weighted by Crippen LogP contribution is 2.19. The Morgan fingerprint density at radius 2 is 1.63 bits per heavy atom. The third kappa shape index (κ3) is 4.69. The molecule has 1 amide bonds. The number of anilines is 2. The van der Waals surface area contributed by atoms with Gasteiger partial charge in [-0.05, 0) is 49.1 Å². The number of hydrogen-bond acceptors (Lipinski definition) is 2. The van der Waals surface area contributed by atoms with E-state index < -0.39 is 0 Å². The lowest BCUT2D eigenvalue weighted by atomic mass is 10.0. The highest BCUT2D eigenvalue weighted by Gasteiger charge is 2.29. The van der Waals surface area contributed by atoms with Gasteiger partial charge in [0, 0.05) is 11.4 Å². The van der Waals surface area contributed by atoms with Crippen molar-refractivity contribution in [1.29, 1.82) is 0 Å². The van der Waals surface area contributed by atoms with E-state index in [-0.39, 0.29) is 11.9 Å². The number of nitrogens with zero attached hydrogens (tertiary/aromatic N) is 1. The van der Waals surface area contributed by atoms with E-state index in [1.807, 2.05) is 19.1 Å². The molecule has 4 nitrogen and oxygen atoms in total. The summed E-state index contributed by atoms with van der Waals surface area (Å²) in [5, 5.41) is 3.08. The number of piperazine rings is 1. The average molecular weight is 367 g/mol. The van der Waals surface area contributed by atoms with Crippen LogP contribution >= 0.6 is 0 Å². The highest BCUT2D eigenvalue weighted by molar-refractivity contribution is 5.93. The van der Waals surface area contributed by atoms with Gasteiger partial charge in [0.05, 0.1) is 26.2 Å². The summed E-state index contributed by atoms with van der Waals surface area (Å²) in [6.07, 6.45) is 0. The Balaban J connectivity index is 1.54. The largest absolute Gasteiger partial charge is 0.360 e. The topological polar surface area (TPSA) is 36.8 Å². The van der Waals surface area contributed by atoms with Gasteiger partial charge in [-0.25, -0.2) is 0 Å². The van der Waals surface area contributed by atoms with Gasteiger partial charge in [-0.2, -0.15) is 0 Å². The molecule has 0 saturated carbocycles. The molecular weight excluding hydrogens is 334 g/mol. The number of amides is 1. The lowest BCUT2D eigenvalue weighted by Gasteiger charge is -2.36. The summed E-state index contributed by atoms with van der Waals surface area (Å²) < 4.78 is 0. The molecule has 0 spiro atoms. The maximum absolute atomic E-state index is 12.7. The van der Waals surface area contributed by atoms with Gasteiger partial charge >= 0.3 is 0 Å². The summed E-state index contributed by atoms with van der Waals surface area (Å²) in [4.78, 5) is 16.5. The Morgan fingerprint density at radius 1 is 1.00 bits per heavy atom. The van der Waals surface area contributed by atoms with Crippen LogP contribution in [0, 0.1) is 6.92 Å². The van der Waals surface area contributed by atoms with Crippen LogP contribution in [-0.2, 0) is 4.79 Å². The summed E-state index contributed by atoms with van der Waals surface area (Å²) in [6, 6.07) is 16.7. The number of nitrogens with one attached hydrogen (secondary N) is 2. The fraction of sp³-hybridized carbons (Fsp3) is 0.435. The minimum Gasteiger partial charge on any atom is -0.360 e. The number of aryl methyl sites for hydroxylation is 1. The normalized spacial score (nSPS) is 16.4. The molecule has 0 aliphatic carbocycles. The van der Waals surface area contributed by atoms with E-state index in [2.05, 4.69) is 67.4 Å². The molecule has 1 fully saturated rings.